The summed E-state index contributed by atoms with van der Waals surface area (Å²) >= 11 is 1.85. The fourth-order valence-corrected chi connectivity index (χ4v) is 2.26. The van der Waals surface area contributed by atoms with E-state index in [9.17, 15) is 9.59 Å². The lowest BCUT2D eigenvalue weighted by Crippen LogP contribution is -2.43. The van der Waals surface area contributed by atoms with Gasteiger partial charge >= 0.3 is 0 Å². The van der Waals surface area contributed by atoms with Crippen LogP contribution in [0.1, 0.15) is 6.42 Å². The third kappa shape index (κ3) is 6.19. The van der Waals surface area contributed by atoms with Gasteiger partial charge in [0.05, 0.1) is 6.54 Å². The molecule has 1 rings (SSSR count). The average molecular weight is 268 g/mol. The highest BCUT2D eigenvalue weighted by molar-refractivity contribution is 7.99. The molecule has 1 atom stereocenters. The van der Waals surface area contributed by atoms with Gasteiger partial charge in [-0.1, -0.05) is 0 Å². The van der Waals surface area contributed by atoms with E-state index in [4.69, 9.17) is 0 Å². The molecule has 94 valence electrons. The van der Waals surface area contributed by atoms with Gasteiger partial charge in [0.1, 0.15) is 0 Å². The Morgan fingerprint density at radius 2 is 2.19 bits per heavy atom. The summed E-state index contributed by atoms with van der Waals surface area (Å²) in [6.45, 7) is 1.02. The number of halogens is 1. The predicted octanol–water partition coefficient (Wildman–Crippen LogP) is -0.634. The highest BCUT2D eigenvalue weighted by Crippen LogP contribution is 2.09. The van der Waals surface area contributed by atoms with Gasteiger partial charge in [-0.3, -0.25) is 9.59 Å². The molecule has 0 bridgehead atoms. The van der Waals surface area contributed by atoms with Gasteiger partial charge in [0.2, 0.25) is 11.8 Å². The van der Waals surface area contributed by atoms with E-state index < -0.39 is 0 Å². The van der Waals surface area contributed by atoms with Crippen molar-refractivity contribution in [2.24, 2.45) is 0 Å². The van der Waals surface area contributed by atoms with E-state index in [-0.39, 0.29) is 36.8 Å². The summed E-state index contributed by atoms with van der Waals surface area (Å²) < 4.78 is 0. The highest BCUT2D eigenvalue weighted by Gasteiger charge is 2.16. The van der Waals surface area contributed by atoms with Crippen molar-refractivity contribution in [2.45, 2.75) is 12.5 Å². The Kier molecular flexibility index (Phi) is 8.42. The monoisotopic (exact) mass is 267 g/mol. The van der Waals surface area contributed by atoms with Crippen molar-refractivity contribution in [1.29, 1.82) is 0 Å². The van der Waals surface area contributed by atoms with E-state index in [1.807, 2.05) is 11.8 Å². The molecule has 0 saturated carbocycles. The van der Waals surface area contributed by atoms with E-state index in [0.29, 0.717) is 6.42 Å². The van der Waals surface area contributed by atoms with Gasteiger partial charge < -0.3 is 16.0 Å². The van der Waals surface area contributed by atoms with Gasteiger partial charge in [-0.25, -0.2) is 0 Å². The van der Waals surface area contributed by atoms with E-state index in [1.54, 1.807) is 7.05 Å². The summed E-state index contributed by atoms with van der Waals surface area (Å²) in [7, 11) is 1.55. The molecule has 2 amide bonds. The lowest BCUT2D eigenvalue weighted by molar-refractivity contribution is -0.126. The van der Waals surface area contributed by atoms with Crippen molar-refractivity contribution in [3.8, 4) is 0 Å². The van der Waals surface area contributed by atoms with Crippen LogP contribution in [0.4, 0.5) is 0 Å². The van der Waals surface area contributed by atoms with Crippen molar-refractivity contribution in [3.63, 3.8) is 0 Å². The quantitative estimate of drug-likeness (QED) is 0.634. The summed E-state index contributed by atoms with van der Waals surface area (Å²) in [5, 5.41) is 8.30. The van der Waals surface area contributed by atoms with Gasteiger partial charge in [0.15, 0.2) is 0 Å². The lowest BCUT2D eigenvalue weighted by Gasteiger charge is -2.22. The maximum absolute atomic E-state index is 11.4. The molecule has 1 unspecified atom stereocenters. The number of hydrogen-bond donors (Lipinski definition) is 3. The molecule has 1 heterocycles. The molecule has 0 spiro atoms. The zero-order valence-corrected chi connectivity index (χ0v) is 10.9. The first-order valence-corrected chi connectivity index (χ1v) is 6.16. The first kappa shape index (κ1) is 15.5. The number of likely N-dealkylation sites (N-methyl/N-ethyl adjacent to an activating group) is 1. The van der Waals surface area contributed by atoms with Crippen molar-refractivity contribution in [3.05, 3.63) is 0 Å². The standard InChI is InChI=1S/C9H17N3O2S.ClH/c1-10-9(14)5-12-8(13)4-7-6-15-3-2-11-7;/h7,11H,2-6H2,1H3,(H,10,14)(H,12,13);1H. The second-order valence-electron chi connectivity index (χ2n) is 3.38. The smallest absolute Gasteiger partial charge is 0.239 e. The summed E-state index contributed by atoms with van der Waals surface area (Å²) in [6, 6.07) is 0.244. The molecule has 0 aromatic carbocycles. The number of carbonyl (C=O) groups excluding carboxylic acids is 2. The molecule has 5 nitrogen and oxygen atoms in total. The molecule has 0 aromatic rings. The number of amides is 2. The second kappa shape index (κ2) is 8.66. The molecule has 0 aliphatic carbocycles. The van der Waals surface area contributed by atoms with Crippen LogP contribution in [0, 0.1) is 0 Å². The molecule has 3 N–H and O–H groups in total. The minimum absolute atomic E-state index is 0. The fraction of sp³-hybridized carbons (Fsp3) is 0.778. The molecule has 0 radical (unpaired) electrons. The number of rotatable bonds is 4. The number of carbonyl (C=O) groups is 2. The van der Waals surface area contributed by atoms with Crippen LogP contribution in [0.15, 0.2) is 0 Å². The van der Waals surface area contributed by atoms with Crippen molar-refractivity contribution < 1.29 is 9.59 Å². The number of hydrogen-bond acceptors (Lipinski definition) is 4. The molecule has 1 aliphatic heterocycles. The zero-order chi connectivity index (χ0) is 11.1. The third-order valence-corrected chi connectivity index (χ3v) is 3.29. The molecule has 1 saturated heterocycles. The van der Waals surface area contributed by atoms with Crippen LogP contribution in [0.2, 0.25) is 0 Å². The van der Waals surface area contributed by atoms with Gasteiger partial charge in [0.25, 0.3) is 0 Å². The van der Waals surface area contributed by atoms with Crippen LogP contribution in [0.3, 0.4) is 0 Å². The minimum atomic E-state index is -0.172. The highest BCUT2D eigenvalue weighted by atomic mass is 35.5. The summed E-state index contributed by atoms with van der Waals surface area (Å²) in [6.07, 6.45) is 0.448. The van der Waals surface area contributed by atoms with Crippen LogP contribution >= 0.6 is 24.2 Å². The van der Waals surface area contributed by atoms with Gasteiger partial charge in [-0.05, 0) is 0 Å². The Hall–Kier alpha value is -0.460. The number of thioether (sulfide) groups is 1. The first-order chi connectivity index (χ1) is 7.22. The van der Waals surface area contributed by atoms with Crippen molar-refractivity contribution in [2.75, 3.05) is 31.6 Å². The summed E-state index contributed by atoms with van der Waals surface area (Å²) in [5.41, 5.74) is 0. The topological polar surface area (TPSA) is 70.2 Å². The Morgan fingerprint density at radius 1 is 1.44 bits per heavy atom. The van der Waals surface area contributed by atoms with Crippen LogP contribution in [0.25, 0.3) is 0 Å². The normalized spacial score (nSPS) is 19.4. The Labute approximate surface area is 106 Å². The first-order valence-electron chi connectivity index (χ1n) is 5.00. The van der Waals surface area contributed by atoms with E-state index in [0.717, 1.165) is 18.1 Å². The second-order valence-corrected chi connectivity index (χ2v) is 4.53. The molecular weight excluding hydrogens is 250 g/mol. The maximum atomic E-state index is 11.4. The Bertz CT molecular complexity index is 235. The van der Waals surface area contributed by atoms with E-state index >= 15 is 0 Å². The summed E-state index contributed by atoms with van der Waals surface area (Å²) in [4.78, 5) is 22.3. The third-order valence-electron chi connectivity index (χ3n) is 2.16. The number of nitrogens with one attached hydrogen (secondary N) is 3. The molecular formula is C9H18ClN3O2S. The zero-order valence-electron chi connectivity index (χ0n) is 9.25. The molecule has 0 aromatic heterocycles. The van der Waals surface area contributed by atoms with Crippen LogP contribution in [0.5, 0.6) is 0 Å². The molecule has 7 heteroatoms. The maximum Gasteiger partial charge on any atom is 0.239 e. The van der Waals surface area contributed by atoms with Crippen molar-refractivity contribution >= 4 is 36.0 Å². The van der Waals surface area contributed by atoms with E-state index in [1.165, 1.54) is 0 Å². The van der Waals surface area contributed by atoms with Gasteiger partial charge in [0, 0.05) is 37.6 Å². The van der Waals surface area contributed by atoms with Gasteiger partial charge in [-0.2, -0.15) is 11.8 Å². The lowest BCUT2D eigenvalue weighted by atomic mass is 10.2. The van der Waals surface area contributed by atoms with E-state index in [2.05, 4.69) is 16.0 Å². The largest absolute Gasteiger partial charge is 0.358 e. The van der Waals surface area contributed by atoms with Crippen LogP contribution in [-0.4, -0.2) is 49.5 Å². The summed E-state index contributed by atoms with van der Waals surface area (Å²) in [5.74, 6) is 1.83. The Morgan fingerprint density at radius 3 is 2.75 bits per heavy atom. The minimum Gasteiger partial charge on any atom is -0.358 e. The molecule has 1 fully saturated rings. The Balaban J connectivity index is 0.00000225. The SMILES string of the molecule is CNC(=O)CNC(=O)CC1CSCCN1.Cl. The average Bonchev–Trinajstić information content (AvgIpc) is 2.27. The molecule has 1 aliphatic rings. The van der Waals surface area contributed by atoms with Gasteiger partial charge in [-0.15, -0.1) is 12.4 Å². The van der Waals surface area contributed by atoms with Crippen LogP contribution in [-0.2, 0) is 9.59 Å². The van der Waals surface area contributed by atoms with Crippen molar-refractivity contribution in [1.82, 2.24) is 16.0 Å². The van der Waals surface area contributed by atoms with Crippen LogP contribution < -0.4 is 16.0 Å². The fourth-order valence-electron chi connectivity index (χ4n) is 1.31. The molecule has 16 heavy (non-hydrogen) atoms. The predicted molar refractivity (Wildman–Crippen MR) is 68.1 cm³/mol.